The van der Waals surface area contributed by atoms with Crippen molar-refractivity contribution in [3.63, 3.8) is 0 Å². The number of thioether (sulfide) groups is 1. The monoisotopic (exact) mass is 422 g/mol. The number of hydrogen-bond donors (Lipinski definition) is 1. The zero-order valence-electron chi connectivity index (χ0n) is 15.6. The van der Waals surface area contributed by atoms with E-state index in [2.05, 4.69) is 20.1 Å². The summed E-state index contributed by atoms with van der Waals surface area (Å²) in [5.41, 5.74) is 1.87. The van der Waals surface area contributed by atoms with E-state index in [0.29, 0.717) is 27.4 Å². The molecule has 0 saturated heterocycles. The van der Waals surface area contributed by atoms with Crippen molar-refractivity contribution in [1.82, 2.24) is 14.8 Å². The van der Waals surface area contributed by atoms with E-state index < -0.39 is 12.0 Å². The minimum atomic E-state index is -0.535. The SMILES string of the molecule is CCOC(=O)C1=C(C)Nc2nc(SCC(=O)OC)nn2[C@H]1c1ccc(Cl)cc1. The molecule has 1 aromatic heterocycles. The molecule has 8 nitrogen and oxygen atoms in total. The summed E-state index contributed by atoms with van der Waals surface area (Å²) in [5, 5.41) is 8.56. The molecular weight excluding hydrogens is 404 g/mol. The molecule has 0 saturated carbocycles. The van der Waals surface area contributed by atoms with Crippen LogP contribution < -0.4 is 5.32 Å². The molecule has 0 fully saturated rings. The number of aromatic nitrogens is 3. The number of nitrogens with zero attached hydrogens (tertiary/aromatic N) is 3. The van der Waals surface area contributed by atoms with Gasteiger partial charge in [-0.1, -0.05) is 35.5 Å². The van der Waals surface area contributed by atoms with Crippen LogP contribution in [0.25, 0.3) is 0 Å². The standard InChI is InChI=1S/C18H19ClN4O4S/c1-4-27-16(25)14-10(2)20-17-21-18(28-9-13(24)26-3)22-23(17)15(14)11-5-7-12(19)8-6-11/h5-8,15H,4,9H2,1-3H3,(H,20,21,22)/t15-/m0/s1. The normalized spacial score (nSPS) is 15.6. The number of rotatable bonds is 6. The lowest BCUT2D eigenvalue weighted by atomic mass is 9.96. The predicted molar refractivity (Wildman–Crippen MR) is 105 cm³/mol. The van der Waals surface area contributed by atoms with Crippen LogP contribution in [0, 0.1) is 0 Å². The molecule has 3 rings (SSSR count). The Labute approximate surface area is 171 Å². The Hall–Kier alpha value is -2.52. The number of methoxy groups -OCH3 is 1. The smallest absolute Gasteiger partial charge is 0.338 e. The average Bonchev–Trinajstić information content (AvgIpc) is 3.08. The summed E-state index contributed by atoms with van der Waals surface area (Å²) in [6, 6.07) is 6.63. The van der Waals surface area contributed by atoms with Crippen molar-refractivity contribution in [3.8, 4) is 0 Å². The van der Waals surface area contributed by atoms with Crippen molar-refractivity contribution in [1.29, 1.82) is 0 Å². The van der Waals surface area contributed by atoms with E-state index in [1.165, 1.54) is 7.11 Å². The first-order valence-electron chi connectivity index (χ1n) is 8.51. The van der Waals surface area contributed by atoms with Crippen molar-refractivity contribution in [2.45, 2.75) is 25.0 Å². The molecule has 0 aliphatic carbocycles. The third kappa shape index (κ3) is 4.15. The molecule has 0 spiro atoms. The number of halogens is 1. The van der Waals surface area contributed by atoms with Gasteiger partial charge in [-0.2, -0.15) is 4.98 Å². The zero-order valence-corrected chi connectivity index (χ0v) is 17.1. The second-order valence-corrected chi connectivity index (χ2v) is 7.24. The number of esters is 2. The largest absolute Gasteiger partial charge is 0.468 e. The van der Waals surface area contributed by atoms with Crippen molar-refractivity contribution in [3.05, 3.63) is 46.1 Å². The summed E-state index contributed by atoms with van der Waals surface area (Å²) in [6.45, 7) is 3.80. The first-order valence-corrected chi connectivity index (χ1v) is 9.87. The van der Waals surface area contributed by atoms with Gasteiger partial charge in [0, 0.05) is 10.7 Å². The van der Waals surface area contributed by atoms with Crippen LogP contribution in [0.2, 0.25) is 5.02 Å². The van der Waals surface area contributed by atoms with Crippen molar-refractivity contribution >= 4 is 41.2 Å². The molecule has 1 aliphatic rings. The number of benzene rings is 1. The highest BCUT2D eigenvalue weighted by molar-refractivity contribution is 7.99. The number of nitrogens with one attached hydrogen (secondary N) is 1. The molecule has 10 heteroatoms. The van der Waals surface area contributed by atoms with Gasteiger partial charge in [0.05, 0.1) is 25.0 Å². The lowest BCUT2D eigenvalue weighted by Gasteiger charge is -2.28. The highest BCUT2D eigenvalue weighted by atomic mass is 35.5. The zero-order chi connectivity index (χ0) is 20.3. The third-order valence-corrected chi connectivity index (χ3v) is 5.12. The fraction of sp³-hybridized carbons (Fsp3) is 0.333. The number of hydrogen-bond acceptors (Lipinski definition) is 8. The summed E-state index contributed by atoms with van der Waals surface area (Å²) >= 11 is 7.17. The Morgan fingerprint density at radius 1 is 1.32 bits per heavy atom. The van der Waals surface area contributed by atoms with Crippen LogP contribution in [-0.2, 0) is 19.1 Å². The molecule has 1 aromatic carbocycles. The Morgan fingerprint density at radius 2 is 2.04 bits per heavy atom. The summed E-state index contributed by atoms with van der Waals surface area (Å²) in [5.74, 6) is -0.250. The number of carbonyl (C=O) groups is 2. The van der Waals surface area contributed by atoms with Gasteiger partial charge >= 0.3 is 11.9 Å². The van der Waals surface area contributed by atoms with Gasteiger partial charge < -0.3 is 14.8 Å². The van der Waals surface area contributed by atoms with Crippen LogP contribution in [0.15, 0.2) is 40.7 Å². The van der Waals surface area contributed by atoms with Crippen LogP contribution in [0.1, 0.15) is 25.5 Å². The number of ether oxygens (including phenoxy) is 2. The Balaban J connectivity index is 2.03. The molecule has 1 atom stereocenters. The lowest BCUT2D eigenvalue weighted by molar-refractivity contribution is -0.139. The second kappa shape index (κ2) is 8.66. The van der Waals surface area contributed by atoms with E-state index in [0.717, 1.165) is 17.3 Å². The number of fused-ring (bicyclic) bond motifs is 1. The lowest BCUT2D eigenvalue weighted by Crippen LogP contribution is -2.29. The van der Waals surface area contributed by atoms with E-state index >= 15 is 0 Å². The van der Waals surface area contributed by atoms with Crippen LogP contribution in [0.3, 0.4) is 0 Å². The third-order valence-electron chi connectivity index (χ3n) is 4.06. The fourth-order valence-corrected chi connectivity index (χ4v) is 3.59. The minimum absolute atomic E-state index is 0.0860. The van der Waals surface area contributed by atoms with Crippen LogP contribution >= 0.6 is 23.4 Å². The van der Waals surface area contributed by atoms with Gasteiger partial charge in [0.1, 0.15) is 6.04 Å². The van der Waals surface area contributed by atoms with Crippen LogP contribution in [0.4, 0.5) is 5.95 Å². The maximum Gasteiger partial charge on any atom is 0.338 e. The van der Waals surface area contributed by atoms with Crippen molar-refractivity contribution in [2.75, 3.05) is 24.8 Å². The minimum Gasteiger partial charge on any atom is -0.468 e. The van der Waals surface area contributed by atoms with Gasteiger partial charge in [0.15, 0.2) is 0 Å². The topological polar surface area (TPSA) is 95.3 Å². The maximum atomic E-state index is 12.7. The van der Waals surface area contributed by atoms with Crippen LogP contribution in [-0.4, -0.2) is 46.2 Å². The first-order chi connectivity index (χ1) is 13.4. The predicted octanol–water partition coefficient (Wildman–Crippen LogP) is 3.05. The fourth-order valence-electron chi connectivity index (χ4n) is 2.80. The summed E-state index contributed by atoms with van der Waals surface area (Å²) in [4.78, 5) is 28.5. The summed E-state index contributed by atoms with van der Waals surface area (Å²) < 4.78 is 11.5. The van der Waals surface area contributed by atoms with Gasteiger partial charge in [-0.25, -0.2) is 9.48 Å². The van der Waals surface area contributed by atoms with Gasteiger partial charge in [-0.15, -0.1) is 5.10 Å². The van der Waals surface area contributed by atoms with E-state index in [9.17, 15) is 9.59 Å². The highest BCUT2D eigenvalue weighted by Gasteiger charge is 2.35. The van der Waals surface area contributed by atoms with E-state index in [1.807, 2.05) is 12.1 Å². The summed E-state index contributed by atoms with van der Waals surface area (Å²) in [7, 11) is 1.32. The van der Waals surface area contributed by atoms with Gasteiger partial charge in [-0.3, -0.25) is 4.79 Å². The molecule has 148 valence electrons. The van der Waals surface area contributed by atoms with E-state index in [1.54, 1.807) is 30.7 Å². The average molecular weight is 423 g/mol. The number of allylic oxidation sites excluding steroid dienone is 1. The van der Waals surface area contributed by atoms with E-state index in [4.69, 9.17) is 16.3 Å². The molecule has 0 bridgehead atoms. The van der Waals surface area contributed by atoms with Crippen LogP contribution in [0.5, 0.6) is 0 Å². The van der Waals surface area contributed by atoms with Gasteiger partial charge in [-0.05, 0) is 31.5 Å². The Kier molecular flexibility index (Phi) is 6.25. The molecule has 0 amide bonds. The highest BCUT2D eigenvalue weighted by Crippen LogP contribution is 2.37. The molecule has 1 N–H and O–H groups in total. The van der Waals surface area contributed by atoms with Gasteiger partial charge in [0.2, 0.25) is 11.1 Å². The molecule has 0 unspecified atom stereocenters. The quantitative estimate of drug-likeness (QED) is 0.560. The molecule has 0 radical (unpaired) electrons. The number of carbonyl (C=O) groups excluding carboxylic acids is 2. The Morgan fingerprint density at radius 3 is 2.68 bits per heavy atom. The maximum absolute atomic E-state index is 12.7. The van der Waals surface area contributed by atoms with Crippen molar-refractivity contribution in [2.24, 2.45) is 0 Å². The molecule has 2 aromatic rings. The molecule has 2 heterocycles. The van der Waals surface area contributed by atoms with Gasteiger partial charge in [0.25, 0.3) is 0 Å². The molecule has 28 heavy (non-hydrogen) atoms. The Bertz CT molecular complexity index is 926. The first kappa shape index (κ1) is 20.2. The van der Waals surface area contributed by atoms with E-state index in [-0.39, 0.29) is 18.3 Å². The second-order valence-electron chi connectivity index (χ2n) is 5.87. The molecular formula is C18H19ClN4O4S. The molecule has 1 aliphatic heterocycles. The van der Waals surface area contributed by atoms with Crippen molar-refractivity contribution < 1.29 is 19.1 Å². The summed E-state index contributed by atoms with van der Waals surface area (Å²) in [6.07, 6.45) is 0. The number of anilines is 1.